The first kappa shape index (κ1) is 12.1. The number of phenols is 1. The molecular formula is C13H10N4O3. The number of benzene rings is 1. The molecule has 3 rings (SSSR count). The molecule has 0 aliphatic carbocycles. The summed E-state index contributed by atoms with van der Waals surface area (Å²) in [6.07, 6.45) is 4.62. The Bertz CT molecular complexity index is 727. The molecule has 0 amide bonds. The van der Waals surface area contributed by atoms with Crippen molar-refractivity contribution in [2.24, 2.45) is 0 Å². The van der Waals surface area contributed by atoms with Gasteiger partial charge in [-0.1, -0.05) is 5.16 Å². The second-order valence-corrected chi connectivity index (χ2v) is 3.90. The van der Waals surface area contributed by atoms with Crippen LogP contribution in [0.4, 0.5) is 0 Å². The molecule has 0 aliphatic heterocycles. The Morgan fingerprint density at radius 2 is 2.15 bits per heavy atom. The quantitative estimate of drug-likeness (QED) is 0.776. The molecule has 0 radical (unpaired) electrons. The van der Waals surface area contributed by atoms with Gasteiger partial charge in [0.25, 0.3) is 5.89 Å². The van der Waals surface area contributed by atoms with Crippen LogP contribution in [0.3, 0.4) is 0 Å². The highest BCUT2D eigenvalue weighted by Crippen LogP contribution is 2.32. The lowest BCUT2D eigenvalue weighted by Gasteiger charge is -2.02. The second-order valence-electron chi connectivity index (χ2n) is 3.90. The molecule has 0 bridgehead atoms. The van der Waals surface area contributed by atoms with E-state index in [0.29, 0.717) is 22.8 Å². The van der Waals surface area contributed by atoms with E-state index in [1.54, 1.807) is 18.3 Å². The van der Waals surface area contributed by atoms with Gasteiger partial charge >= 0.3 is 0 Å². The van der Waals surface area contributed by atoms with Crippen LogP contribution in [-0.4, -0.2) is 32.3 Å². The Kier molecular flexibility index (Phi) is 3.00. The molecule has 2 aromatic heterocycles. The third kappa shape index (κ3) is 2.16. The van der Waals surface area contributed by atoms with Gasteiger partial charge in [0, 0.05) is 12.4 Å². The summed E-state index contributed by atoms with van der Waals surface area (Å²) in [5.41, 5.74) is 0.886. The van der Waals surface area contributed by atoms with Crippen molar-refractivity contribution in [3.05, 3.63) is 36.8 Å². The van der Waals surface area contributed by atoms with E-state index < -0.39 is 0 Å². The standard InChI is InChI=1S/C13H10N4O3/c1-19-8-2-3-11(18)9(6-8)13-16-12(17-20-13)10-7-14-4-5-15-10/h2-7,18H,1H3. The van der Waals surface area contributed by atoms with Crippen molar-refractivity contribution in [3.8, 4) is 34.5 Å². The lowest BCUT2D eigenvalue weighted by atomic mass is 10.2. The van der Waals surface area contributed by atoms with Gasteiger partial charge in [-0.3, -0.25) is 4.98 Å². The van der Waals surface area contributed by atoms with Gasteiger partial charge in [-0.05, 0) is 18.2 Å². The molecule has 7 heteroatoms. The van der Waals surface area contributed by atoms with Crippen LogP contribution in [0.25, 0.3) is 23.0 Å². The third-order valence-corrected chi connectivity index (χ3v) is 2.65. The Hall–Kier alpha value is -2.96. The molecule has 20 heavy (non-hydrogen) atoms. The number of hydrogen-bond acceptors (Lipinski definition) is 7. The minimum Gasteiger partial charge on any atom is -0.507 e. The van der Waals surface area contributed by atoms with Crippen molar-refractivity contribution >= 4 is 0 Å². The predicted molar refractivity (Wildman–Crippen MR) is 69.0 cm³/mol. The van der Waals surface area contributed by atoms with E-state index in [9.17, 15) is 5.11 Å². The highest BCUT2D eigenvalue weighted by molar-refractivity contribution is 5.65. The van der Waals surface area contributed by atoms with E-state index in [1.807, 2.05) is 0 Å². The molecule has 0 aliphatic rings. The maximum atomic E-state index is 9.85. The molecule has 0 atom stereocenters. The smallest absolute Gasteiger partial charge is 0.262 e. The number of rotatable bonds is 3. The molecule has 2 heterocycles. The van der Waals surface area contributed by atoms with Gasteiger partial charge in [-0.25, -0.2) is 4.98 Å². The van der Waals surface area contributed by atoms with Crippen molar-refractivity contribution in [2.45, 2.75) is 0 Å². The van der Waals surface area contributed by atoms with Crippen molar-refractivity contribution in [1.82, 2.24) is 20.1 Å². The zero-order chi connectivity index (χ0) is 13.9. The molecular weight excluding hydrogens is 260 g/mol. The van der Waals surface area contributed by atoms with E-state index in [2.05, 4.69) is 20.1 Å². The van der Waals surface area contributed by atoms with Crippen molar-refractivity contribution < 1.29 is 14.4 Å². The van der Waals surface area contributed by atoms with E-state index in [-0.39, 0.29) is 11.6 Å². The fourth-order valence-corrected chi connectivity index (χ4v) is 1.66. The van der Waals surface area contributed by atoms with E-state index in [0.717, 1.165) is 0 Å². The van der Waals surface area contributed by atoms with Crippen molar-refractivity contribution in [2.75, 3.05) is 7.11 Å². The van der Waals surface area contributed by atoms with Gasteiger partial charge in [-0.2, -0.15) is 4.98 Å². The molecule has 7 nitrogen and oxygen atoms in total. The lowest BCUT2D eigenvalue weighted by molar-refractivity contribution is 0.408. The van der Waals surface area contributed by atoms with Crippen LogP contribution < -0.4 is 4.74 Å². The average molecular weight is 270 g/mol. The second kappa shape index (κ2) is 4.96. The molecule has 1 N–H and O–H groups in total. The van der Waals surface area contributed by atoms with Crippen molar-refractivity contribution in [1.29, 1.82) is 0 Å². The van der Waals surface area contributed by atoms with E-state index in [1.165, 1.54) is 25.6 Å². The van der Waals surface area contributed by atoms with E-state index in [4.69, 9.17) is 9.26 Å². The summed E-state index contributed by atoms with van der Waals surface area (Å²) >= 11 is 0. The zero-order valence-corrected chi connectivity index (χ0v) is 10.5. The monoisotopic (exact) mass is 270 g/mol. The average Bonchev–Trinajstić information content (AvgIpc) is 2.98. The first-order valence-electron chi connectivity index (χ1n) is 5.75. The van der Waals surface area contributed by atoms with Crippen LogP contribution in [0.15, 0.2) is 41.3 Å². The molecule has 0 spiro atoms. The van der Waals surface area contributed by atoms with Gasteiger partial charge in [0.05, 0.1) is 18.9 Å². The Morgan fingerprint density at radius 3 is 2.90 bits per heavy atom. The molecule has 1 aromatic carbocycles. The minimum atomic E-state index is 0.0279. The number of nitrogens with zero attached hydrogens (tertiary/aromatic N) is 4. The topological polar surface area (TPSA) is 94.2 Å². The molecule has 3 aromatic rings. The Balaban J connectivity index is 2.02. The summed E-state index contributed by atoms with van der Waals surface area (Å²) in [4.78, 5) is 12.2. The van der Waals surface area contributed by atoms with Gasteiger partial charge in [0.2, 0.25) is 5.82 Å². The summed E-state index contributed by atoms with van der Waals surface area (Å²) in [5.74, 6) is 1.09. The minimum absolute atomic E-state index is 0.0279. The third-order valence-electron chi connectivity index (χ3n) is 2.65. The van der Waals surface area contributed by atoms with E-state index >= 15 is 0 Å². The maximum Gasteiger partial charge on any atom is 0.262 e. The molecule has 100 valence electrons. The summed E-state index contributed by atoms with van der Waals surface area (Å²) in [6.45, 7) is 0. The highest BCUT2D eigenvalue weighted by Gasteiger charge is 2.15. The Labute approximate surface area is 113 Å². The Morgan fingerprint density at radius 1 is 1.25 bits per heavy atom. The number of phenolic OH excluding ortho intramolecular Hbond substituents is 1. The first-order valence-corrected chi connectivity index (χ1v) is 5.75. The number of aromatic hydroxyl groups is 1. The van der Waals surface area contributed by atoms with Crippen LogP contribution in [0, 0.1) is 0 Å². The first-order chi connectivity index (χ1) is 9.78. The molecule has 0 saturated carbocycles. The van der Waals surface area contributed by atoms with Crippen LogP contribution in [0.1, 0.15) is 0 Å². The van der Waals surface area contributed by atoms with Crippen LogP contribution in [0.5, 0.6) is 11.5 Å². The summed E-state index contributed by atoms with van der Waals surface area (Å²) < 4.78 is 10.2. The number of ether oxygens (including phenoxy) is 1. The largest absolute Gasteiger partial charge is 0.507 e. The van der Waals surface area contributed by atoms with Gasteiger partial charge in [-0.15, -0.1) is 0 Å². The SMILES string of the molecule is COc1ccc(O)c(-c2nc(-c3cnccn3)no2)c1. The van der Waals surface area contributed by atoms with Gasteiger partial charge in [0.15, 0.2) is 0 Å². The number of methoxy groups -OCH3 is 1. The van der Waals surface area contributed by atoms with Gasteiger partial charge in [0.1, 0.15) is 17.2 Å². The fourth-order valence-electron chi connectivity index (χ4n) is 1.66. The summed E-state index contributed by atoms with van der Waals surface area (Å²) in [5, 5.41) is 13.7. The molecule has 0 unspecified atom stereocenters. The predicted octanol–water partition coefficient (Wildman–Crippen LogP) is 1.91. The summed E-state index contributed by atoms with van der Waals surface area (Å²) in [7, 11) is 1.54. The van der Waals surface area contributed by atoms with Crippen LogP contribution in [-0.2, 0) is 0 Å². The fraction of sp³-hybridized carbons (Fsp3) is 0.0769. The normalized spacial score (nSPS) is 10.4. The highest BCUT2D eigenvalue weighted by atomic mass is 16.5. The maximum absolute atomic E-state index is 9.85. The number of aromatic nitrogens is 4. The molecule has 0 saturated heterocycles. The number of hydrogen-bond donors (Lipinski definition) is 1. The molecule has 0 fully saturated rings. The van der Waals surface area contributed by atoms with Crippen molar-refractivity contribution in [3.63, 3.8) is 0 Å². The van der Waals surface area contributed by atoms with Crippen LogP contribution >= 0.6 is 0 Å². The lowest BCUT2D eigenvalue weighted by Crippen LogP contribution is -1.87. The van der Waals surface area contributed by atoms with Gasteiger partial charge < -0.3 is 14.4 Å². The van der Waals surface area contributed by atoms with Crippen LogP contribution in [0.2, 0.25) is 0 Å². The zero-order valence-electron chi connectivity index (χ0n) is 10.5. The summed E-state index contributed by atoms with van der Waals surface area (Å²) in [6, 6.07) is 4.75.